The summed E-state index contributed by atoms with van der Waals surface area (Å²) in [5, 5.41) is 0. The van der Waals surface area contributed by atoms with Crippen LogP contribution in [0.4, 0.5) is 0 Å². The van der Waals surface area contributed by atoms with Crippen LogP contribution in [-0.4, -0.2) is 4.83 Å². The SMILES string of the molecule is BrC1Cc2ccccc2C1[n+]1ccccc1. The third-order valence-corrected chi connectivity index (χ3v) is 4.02. The molecule has 2 atom stereocenters. The van der Waals surface area contributed by atoms with E-state index in [9.17, 15) is 0 Å². The molecule has 2 unspecified atom stereocenters. The first kappa shape index (κ1) is 10.0. The average Bonchev–Trinajstić information content (AvgIpc) is 2.66. The number of rotatable bonds is 1. The van der Waals surface area contributed by atoms with Crippen molar-refractivity contribution in [3.8, 4) is 0 Å². The number of fused-ring (bicyclic) bond motifs is 1. The Morgan fingerprint density at radius 2 is 1.75 bits per heavy atom. The van der Waals surface area contributed by atoms with Crippen LogP contribution in [0.2, 0.25) is 0 Å². The molecule has 0 spiro atoms. The summed E-state index contributed by atoms with van der Waals surface area (Å²) in [5.74, 6) is 0. The van der Waals surface area contributed by atoms with E-state index in [1.165, 1.54) is 11.1 Å². The van der Waals surface area contributed by atoms with Crippen molar-refractivity contribution in [1.82, 2.24) is 0 Å². The van der Waals surface area contributed by atoms with E-state index in [0.717, 1.165) is 6.42 Å². The predicted molar refractivity (Wildman–Crippen MR) is 67.6 cm³/mol. The minimum absolute atomic E-state index is 0.428. The zero-order chi connectivity index (χ0) is 11.0. The molecule has 0 fully saturated rings. The molecule has 0 aliphatic heterocycles. The lowest BCUT2D eigenvalue weighted by Gasteiger charge is -2.10. The van der Waals surface area contributed by atoms with Gasteiger partial charge in [-0.25, -0.2) is 0 Å². The Morgan fingerprint density at radius 3 is 2.56 bits per heavy atom. The van der Waals surface area contributed by atoms with Gasteiger partial charge in [-0.05, 0) is 12.0 Å². The summed E-state index contributed by atoms with van der Waals surface area (Å²) in [5.41, 5.74) is 2.91. The van der Waals surface area contributed by atoms with Crippen LogP contribution in [0.1, 0.15) is 17.2 Å². The van der Waals surface area contributed by atoms with Gasteiger partial charge in [-0.1, -0.05) is 46.3 Å². The number of halogens is 1. The largest absolute Gasteiger partial charge is 0.197 e. The van der Waals surface area contributed by atoms with Gasteiger partial charge in [0.25, 0.3) is 0 Å². The van der Waals surface area contributed by atoms with Crippen molar-refractivity contribution in [1.29, 1.82) is 0 Å². The van der Waals surface area contributed by atoms with Crippen LogP contribution in [0.15, 0.2) is 54.9 Å². The molecule has 1 heterocycles. The van der Waals surface area contributed by atoms with E-state index in [0.29, 0.717) is 10.9 Å². The standard InChI is InChI=1S/C14H13BrN/c15-13-10-11-6-2-3-7-12(11)14(13)16-8-4-1-5-9-16/h1-9,13-14H,10H2/q+1. The summed E-state index contributed by atoms with van der Waals surface area (Å²) in [6, 6.07) is 15.4. The molecule has 0 bridgehead atoms. The Balaban J connectivity index is 2.09. The van der Waals surface area contributed by atoms with Gasteiger partial charge >= 0.3 is 0 Å². The number of alkyl halides is 1. The van der Waals surface area contributed by atoms with Crippen LogP contribution in [0.3, 0.4) is 0 Å². The molecule has 0 saturated heterocycles. The molecule has 80 valence electrons. The fourth-order valence-electron chi connectivity index (χ4n) is 2.47. The van der Waals surface area contributed by atoms with Crippen molar-refractivity contribution < 1.29 is 4.57 Å². The molecule has 0 N–H and O–H groups in total. The zero-order valence-electron chi connectivity index (χ0n) is 8.88. The maximum Gasteiger partial charge on any atom is 0.196 e. The number of nitrogens with zero attached hydrogens (tertiary/aromatic N) is 1. The Kier molecular flexibility index (Phi) is 2.52. The van der Waals surface area contributed by atoms with Gasteiger partial charge in [0.2, 0.25) is 0 Å². The molecule has 0 amide bonds. The minimum atomic E-state index is 0.428. The van der Waals surface area contributed by atoms with Crippen molar-refractivity contribution in [3.63, 3.8) is 0 Å². The molecule has 16 heavy (non-hydrogen) atoms. The van der Waals surface area contributed by atoms with E-state index in [2.05, 4.69) is 75.4 Å². The quantitative estimate of drug-likeness (QED) is 0.556. The third kappa shape index (κ3) is 1.57. The van der Waals surface area contributed by atoms with Gasteiger partial charge in [-0.2, -0.15) is 4.57 Å². The van der Waals surface area contributed by atoms with E-state index in [1.54, 1.807) is 0 Å². The Labute approximate surface area is 104 Å². The Hall–Kier alpha value is -1.15. The minimum Gasteiger partial charge on any atom is -0.197 e. The van der Waals surface area contributed by atoms with Crippen molar-refractivity contribution in [2.75, 3.05) is 0 Å². The number of hydrogen-bond donors (Lipinski definition) is 0. The molecule has 3 rings (SSSR count). The van der Waals surface area contributed by atoms with Crippen LogP contribution in [0.5, 0.6) is 0 Å². The van der Waals surface area contributed by atoms with E-state index >= 15 is 0 Å². The van der Waals surface area contributed by atoms with Crippen molar-refractivity contribution >= 4 is 15.9 Å². The Morgan fingerprint density at radius 1 is 1.00 bits per heavy atom. The maximum absolute atomic E-state index is 3.80. The van der Waals surface area contributed by atoms with E-state index in [-0.39, 0.29) is 0 Å². The summed E-state index contributed by atoms with van der Waals surface area (Å²) in [6.07, 6.45) is 5.39. The number of pyridine rings is 1. The highest BCUT2D eigenvalue weighted by molar-refractivity contribution is 9.09. The highest BCUT2D eigenvalue weighted by Gasteiger charge is 2.36. The van der Waals surface area contributed by atoms with Gasteiger partial charge in [0.1, 0.15) is 0 Å². The summed E-state index contributed by atoms with van der Waals surface area (Å²) >= 11 is 3.80. The first-order chi connectivity index (χ1) is 7.86. The van der Waals surface area contributed by atoms with Crippen molar-refractivity contribution in [2.45, 2.75) is 17.3 Å². The first-order valence-electron chi connectivity index (χ1n) is 5.54. The Bertz CT molecular complexity index is 495. The zero-order valence-corrected chi connectivity index (χ0v) is 10.5. The van der Waals surface area contributed by atoms with Crippen LogP contribution in [-0.2, 0) is 6.42 Å². The molecule has 0 saturated carbocycles. The number of hydrogen-bond acceptors (Lipinski definition) is 0. The maximum atomic E-state index is 3.80. The molecule has 1 nitrogen and oxygen atoms in total. The second kappa shape index (κ2) is 4.02. The second-order valence-corrected chi connectivity index (χ2v) is 5.36. The van der Waals surface area contributed by atoms with Gasteiger partial charge in [0.15, 0.2) is 18.4 Å². The molecular weight excluding hydrogens is 262 g/mol. The third-order valence-electron chi connectivity index (χ3n) is 3.19. The van der Waals surface area contributed by atoms with Gasteiger partial charge < -0.3 is 0 Å². The summed E-state index contributed by atoms with van der Waals surface area (Å²) in [6.45, 7) is 0. The normalized spacial score (nSPS) is 23.1. The fourth-order valence-corrected chi connectivity index (χ4v) is 3.38. The van der Waals surface area contributed by atoms with E-state index < -0.39 is 0 Å². The van der Waals surface area contributed by atoms with Crippen LogP contribution in [0, 0.1) is 0 Å². The predicted octanol–water partition coefficient (Wildman–Crippen LogP) is 2.88. The molecule has 2 aromatic rings. The van der Waals surface area contributed by atoms with Crippen molar-refractivity contribution in [2.24, 2.45) is 0 Å². The highest BCUT2D eigenvalue weighted by atomic mass is 79.9. The van der Waals surface area contributed by atoms with Gasteiger partial charge in [-0.15, -0.1) is 0 Å². The molecular formula is C14H13BrN+. The van der Waals surface area contributed by atoms with E-state index in [1.807, 2.05) is 0 Å². The molecule has 1 aromatic heterocycles. The lowest BCUT2D eigenvalue weighted by Crippen LogP contribution is -2.42. The molecule has 2 heteroatoms. The molecule has 1 aliphatic rings. The van der Waals surface area contributed by atoms with Gasteiger partial charge in [-0.3, -0.25) is 0 Å². The first-order valence-corrected chi connectivity index (χ1v) is 6.45. The number of aromatic nitrogens is 1. The molecule has 1 aromatic carbocycles. The summed E-state index contributed by atoms with van der Waals surface area (Å²) in [7, 11) is 0. The van der Waals surface area contributed by atoms with Gasteiger partial charge in [0, 0.05) is 17.7 Å². The topological polar surface area (TPSA) is 3.88 Å². The van der Waals surface area contributed by atoms with Crippen LogP contribution in [0.25, 0.3) is 0 Å². The average molecular weight is 275 g/mol. The highest BCUT2D eigenvalue weighted by Crippen LogP contribution is 2.35. The molecule has 1 aliphatic carbocycles. The number of benzene rings is 1. The summed E-state index contributed by atoms with van der Waals surface area (Å²) in [4.78, 5) is 0.498. The lowest BCUT2D eigenvalue weighted by molar-refractivity contribution is -0.711. The monoisotopic (exact) mass is 274 g/mol. The van der Waals surface area contributed by atoms with Crippen LogP contribution < -0.4 is 4.57 Å². The second-order valence-electron chi connectivity index (χ2n) is 4.19. The fraction of sp³-hybridized carbons (Fsp3) is 0.214. The van der Waals surface area contributed by atoms with Crippen molar-refractivity contribution in [3.05, 3.63) is 66.0 Å². The van der Waals surface area contributed by atoms with Gasteiger partial charge in [0.05, 0.1) is 4.83 Å². The lowest BCUT2D eigenvalue weighted by atomic mass is 10.1. The molecule has 0 radical (unpaired) electrons. The van der Waals surface area contributed by atoms with E-state index in [4.69, 9.17) is 0 Å². The smallest absolute Gasteiger partial charge is 0.196 e. The summed E-state index contributed by atoms with van der Waals surface area (Å²) < 4.78 is 2.28. The van der Waals surface area contributed by atoms with Crippen LogP contribution >= 0.6 is 15.9 Å².